The van der Waals surface area contributed by atoms with E-state index in [2.05, 4.69) is 30.7 Å². The predicted molar refractivity (Wildman–Crippen MR) is 80.5 cm³/mol. The molecule has 0 aliphatic heterocycles. The number of rotatable bonds is 0. The van der Waals surface area contributed by atoms with E-state index in [1.54, 1.807) is 0 Å². The molecule has 1 heterocycles. The van der Waals surface area contributed by atoms with Gasteiger partial charge in [0.2, 0.25) is 0 Å². The number of carbonyl (C=O) groups excluding carboxylic acids is 1. The van der Waals surface area contributed by atoms with E-state index < -0.39 is 0 Å². The normalized spacial score (nSPS) is 19.0. The highest BCUT2D eigenvalue weighted by atomic mass is 16.1. The number of aromatic nitrogens is 2. The van der Waals surface area contributed by atoms with Crippen LogP contribution in [0.3, 0.4) is 0 Å². The zero-order valence-electron chi connectivity index (χ0n) is 13.4. The van der Waals surface area contributed by atoms with E-state index in [0.717, 1.165) is 12.0 Å². The first-order valence-corrected chi connectivity index (χ1v) is 7.16. The standard InChI is InChI=1S/C12H18N2.C2H4O.C2H6/c1-8-5-6-12(3,4)11-10(8)14-9(2)7-13-11;1-2-3;1-2/h7-8H,5-6H2,1-4H3;2H,1H3;1-2H3. The van der Waals surface area contributed by atoms with Crippen LogP contribution in [0.5, 0.6) is 0 Å². The Bertz CT molecular complexity index is 400. The quantitative estimate of drug-likeness (QED) is 0.660. The molecule has 0 radical (unpaired) electrons. The summed E-state index contributed by atoms with van der Waals surface area (Å²) in [6, 6.07) is 0. The maximum Gasteiger partial charge on any atom is 0.116 e. The molecule has 1 aliphatic rings. The number of aldehydes is 1. The van der Waals surface area contributed by atoms with Crippen molar-refractivity contribution >= 4 is 6.29 Å². The van der Waals surface area contributed by atoms with Crippen molar-refractivity contribution in [1.82, 2.24) is 9.97 Å². The monoisotopic (exact) mass is 264 g/mol. The van der Waals surface area contributed by atoms with Crippen LogP contribution in [0, 0.1) is 6.92 Å². The zero-order valence-corrected chi connectivity index (χ0v) is 13.4. The SMILES string of the molecule is CC.CC=O.Cc1cnc2c(n1)C(C)CCC2(C)C. The zero-order chi connectivity index (χ0) is 15.1. The summed E-state index contributed by atoms with van der Waals surface area (Å²) >= 11 is 0. The summed E-state index contributed by atoms with van der Waals surface area (Å²) in [5.74, 6) is 0.574. The van der Waals surface area contributed by atoms with Crippen LogP contribution < -0.4 is 0 Å². The average molecular weight is 264 g/mol. The number of fused-ring (bicyclic) bond motifs is 1. The minimum Gasteiger partial charge on any atom is -0.304 e. The Morgan fingerprint density at radius 2 is 1.89 bits per heavy atom. The highest BCUT2D eigenvalue weighted by Gasteiger charge is 2.33. The third-order valence-corrected chi connectivity index (χ3v) is 3.23. The molecule has 1 aliphatic carbocycles. The molecule has 0 saturated carbocycles. The van der Waals surface area contributed by atoms with Crippen molar-refractivity contribution in [3.05, 3.63) is 23.3 Å². The maximum absolute atomic E-state index is 8.81. The second-order valence-electron chi connectivity index (χ2n) is 5.30. The molecule has 0 spiro atoms. The average Bonchev–Trinajstić information content (AvgIpc) is 2.38. The third kappa shape index (κ3) is 4.73. The van der Waals surface area contributed by atoms with Crippen LogP contribution in [0.1, 0.15) is 77.4 Å². The molecular formula is C16H28N2O. The smallest absolute Gasteiger partial charge is 0.116 e. The molecule has 3 heteroatoms. The van der Waals surface area contributed by atoms with Gasteiger partial charge in [-0.3, -0.25) is 9.97 Å². The summed E-state index contributed by atoms with van der Waals surface area (Å²) < 4.78 is 0. The molecule has 2 rings (SSSR count). The summed E-state index contributed by atoms with van der Waals surface area (Å²) in [6.45, 7) is 14.2. The van der Waals surface area contributed by atoms with Gasteiger partial charge in [-0.2, -0.15) is 0 Å². The molecule has 108 valence electrons. The minimum atomic E-state index is 0.211. The van der Waals surface area contributed by atoms with E-state index in [1.807, 2.05) is 27.0 Å². The number of carbonyl (C=O) groups is 1. The maximum atomic E-state index is 8.81. The van der Waals surface area contributed by atoms with Gasteiger partial charge in [0.1, 0.15) is 6.29 Å². The van der Waals surface area contributed by atoms with E-state index in [4.69, 9.17) is 4.79 Å². The number of nitrogens with zero attached hydrogens (tertiary/aromatic N) is 2. The predicted octanol–water partition coefficient (Wildman–Crippen LogP) is 4.19. The van der Waals surface area contributed by atoms with Crippen molar-refractivity contribution in [1.29, 1.82) is 0 Å². The molecular weight excluding hydrogens is 236 g/mol. The molecule has 1 aromatic rings. The Balaban J connectivity index is 0.000000573. The fraction of sp³-hybridized carbons (Fsp3) is 0.688. The molecule has 0 aromatic carbocycles. The highest BCUT2D eigenvalue weighted by molar-refractivity contribution is 5.44. The molecule has 0 fully saturated rings. The minimum absolute atomic E-state index is 0.211. The van der Waals surface area contributed by atoms with Gasteiger partial charge in [0.15, 0.2) is 0 Å². The van der Waals surface area contributed by atoms with Crippen LogP contribution in [0.2, 0.25) is 0 Å². The molecule has 0 bridgehead atoms. The molecule has 1 atom stereocenters. The second kappa shape index (κ2) is 8.03. The van der Waals surface area contributed by atoms with Crippen molar-refractivity contribution < 1.29 is 4.79 Å². The van der Waals surface area contributed by atoms with Crippen molar-refractivity contribution in [3.8, 4) is 0 Å². The van der Waals surface area contributed by atoms with Crippen molar-refractivity contribution in [2.24, 2.45) is 0 Å². The molecule has 1 aromatic heterocycles. The highest BCUT2D eigenvalue weighted by Crippen LogP contribution is 2.39. The lowest BCUT2D eigenvalue weighted by Crippen LogP contribution is -2.28. The van der Waals surface area contributed by atoms with Gasteiger partial charge in [0, 0.05) is 17.5 Å². The first-order valence-electron chi connectivity index (χ1n) is 7.16. The van der Waals surface area contributed by atoms with Gasteiger partial charge >= 0.3 is 0 Å². The Morgan fingerprint density at radius 1 is 1.37 bits per heavy atom. The van der Waals surface area contributed by atoms with Crippen LogP contribution >= 0.6 is 0 Å². The summed E-state index contributed by atoms with van der Waals surface area (Å²) in [5, 5.41) is 0. The van der Waals surface area contributed by atoms with Crippen molar-refractivity contribution in [2.75, 3.05) is 0 Å². The molecule has 0 amide bonds. The van der Waals surface area contributed by atoms with Gasteiger partial charge in [-0.1, -0.05) is 34.6 Å². The topological polar surface area (TPSA) is 42.9 Å². The van der Waals surface area contributed by atoms with E-state index >= 15 is 0 Å². The van der Waals surface area contributed by atoms with Crippen LogP contribution in [0.4, 0.5) is 0 Å². The Hall–Kier alpha value is -1.25. The lowest BCUT2D eigenvalue weighted by atomic mass is 9.74. The van der Waals surface area contributed by atoms with E-state index in [-0.39, 0.29) is 5.41 Å². The summed E-state index contributed by atoms with van der Waals surface area (Å²) in [6.07, 6.45) is 5.09. The van der Waals surface area contributed by atoms with E-state index in [0.29, 0.717) is 5.92 Å². The molecule has 0 N–H and O–H groups in total. The van der Waals surface area contributed by atoms with Gasteiger partial charge in [-0.15, -0.1) is 0 Å². The Labute approximate surface area is 117 Å². The van der Waals surface area contributed by atoms with Crippen LogP contribution in [0.25, 0.3) is 0 Å². The number of aryl methyl sites for hydroxylation is 1. The first-order chi connectivity index (χ1) is 8.92. The van der Waals surface area contributed by atoms with Gasteiger partial charge in [-0.25, -0.2) is 0 Å². The Morgan fingerprint density at radius 3 is 2.42 bits per heavy atom. The van der Waals surface area contributed by atoms with Gasteiger partial charge < -0.3 is 4.79 Å². The fourth-order valence-corrected chi connectivity index (χ4v) is 2.19. The van der Waals surface area contributed by atoms with Crippen molar-refractivity contribution in [2.45, 2.75) is 72.6 Å². The molecule has 0 saturated heterocycles. The Kier molecular flexibility index (Phi) is 7.50. The largest absolute Gasteiger partial charge is 0.304 e. The number of hydrogen-bond acceptors (Lipinski definition) is 3. The second-order valence-corrected chi connectivity index (χ2v) is 5.30. The summed E-state index contributed by atoms with van der Waals surface area (Å²) in [7, 11) is 0. The fourth-order valence-electron chi connectivity index (χ4n) is 2.19. The molecule has 1 unspecified atom stereocenters. The summed E-state index contributed by atoms with van der Waals surface area (Å²) in [5.41, 5.74) is 3.68. The van der Waals surface area contributed by atoms with E-state index in [1.165, 1.54) is 31.2 Å². The van der Waals surface area contributed by atoms with E-state index in [9.17, 15) is 0 Å². The van der Waals surface area contributed by atoms with Gasteiger partial charge in [0.25, 0.3) is 0 Å². The number of hydrogen-bond donors (Lipinski definition) is 0. The summed E-state index contributed by atoms with van der Waals surface area (Å²) in [4.78, 5) is 18.0. The molecule has 3 nitrogen and oxygen atoms in total. The third-order valence-electron chi connectivity index (χ3n) is 3.23. The van der Waals surface area contributed by atoms with Gasteiger partial charge in [0.05, 0.1) is 17.1 Å². The molecule has 19 heavy (non-hydrogen) atoms. The van der Waals surface area contributed by atoms with Crippen LogP contribution in [-0.4, -0.2) is 16.3 Å². The lowest BCUT2D eigenvalue weighted by Gasteiger charge is -2.33. The van der Waals surface area contributed by atoms with Crippen molar-refractivity contribution in [3.63, 3.8) is 0 Å². The lowest BCUT2D eigenvalue weighted by molar-refractivity contribution is -0.106. The first kappa shape index (κ1) is 17.8. The van der Waals surface area contributed by atoms with Crippen LogP contribution in [0.15, 0.2) is 6.20 Å². The van der Waals surface area contributed by atoms with Gasteiger partial charge in [-0.05, 0) is 26.7 Å². The van der Waals surface area contributed by atoms with Crippen LogP contribution in [-0.2, 0) is 10.2 Å².